The highest BCUT2D eigenvalue weighted by atomic mass is 16.5. The van der Waals surface area contributed by atoms with E-state index in [1.165, 1.54) is 12.1 Å². The number of anilines is 1. The van der Waals surface area contributed by atoms with Crippen molar-refractivity contribution in [2.45, 2.75) is 19.8 Å². The molecule has 102 valence electrons. The molecule has 1 rings (SSSR count). The average Bonchev–Trinajstić information content (AvgIpc) is 2.37. The van der Waals surface area contributed by atoms with Crippen LogP contribution in [0.3, 0.4) is 0 Å². The van der Waals surface area contributed by atoms with Gasteiger partial charge >= 0.3 is 5.97 Å². The van der Waals surface area contributed by atoms with Crippen molar-refractivity contribution in [3.05, 3.63) is 29.8 Å². The summed E-state index contributed by atoms with van der Waals surface area (Å²) in [6.07, 6.45) is -0.477. The van der Waals surface area contributed by atoms with Crippen molar-refractivity contribution in [1.82, 2.24) is 0 Å². The van der Waals surface area contributed by atoms with Gasteiger partial charge in [0.25, 0.3) is 0 Å². The van der Waals surface area contributed by atoms with Crippen LogP contribution >= 0.6 is 0 Å². The molecule has 0 unspecified atom stereocenters. The second-order valence-electron chi connectivity index (χ2n) is 3.72. The Morgan fingerprint density at radius 3 is 2.32 bits per heavy atom. The van der Waals surface area contributed by atoms with Gasteiger partial charge in [-0.25, -0.2) is 4.79 Å². The number of carbonyl (C=O) groups excluding carboxylic acids is 3. The number of hydrogen-bond donors (Lipinski definition) is 1. The Bertz CT molecular complexity index is 466. The van der Waals surface area contributed by atoms with Crippen molar-refractivity contribution in [2.75, 3.05) is 11.9 Å². The maximum atomic E-state index is 11.4. The van der Waals surface area contributed by atoms with E-state index < -0.39 is 17.8 Å². The summed E-state index contributed by atoms with van der Waals surface area (Å²) in [6.45, 7) is 2.00. The van der Waals surface area contributed by atoms with Crippen LogP contribution in [0.5, 0.6) is 0 Å². The van der Waals surface area contributed by atoms with Gasteiger partial charge < -0.3 is 20.0 Å². The Kier molecular flexibility index (Phi) is 5.53. The number of esters is 1. The van der Waals surface area contributed by atoms with Gasteiger partial charge in [-0.05, 0) is 37.6 Å². The average molecular weight is 264 g/mol. The molecule has 0 aliphatic rings. The smallest absolute Gasteiger partial charge is 0.338 e. The Morgan fingerprint density at radius 2 is 1.79 bits per heavy atom. The van der Waals surface area contributed by atoms with E-state index in [2.05, 4.69) is 5.32 Å². The quantitative estimate of drug-likeness (QED) is 0.747. The van der Waals surface area contributed by atoms with Crippen LogP contribution in [0, 0.1) is 0 Å². The van der Waals surface area contributed by atoms with E-state index in [0.29, 0.717) is 17.9 Å². The van der Waals surface area contributed by atoms with Crippen LogP contribution < -0.4 is 10.4 Å². The fraction of sp³-hybridized carbons (Fsp3) is 0.308. The minimum atomic E-state index is -1.27. The van der Waals surface area contributed by atoms with Crippen LogP contribution in [-0.2, 0) is 14.3 Å². The van der Waals surface area contributed by atoms with Gasteiger partial charge in [0, 0.05) is 18.1 Å². The molecule has 0 aliphatic carbocycles. The molecule has 0 radical (unpaired) electrons. The summed E-state index contributed by atoms with van der Waals surface area (Å²) in [6, 6.07) is 6.13. The van der Waals surface area contributed by atoms with E-state index in [-0.39, 0.29) is 12.8 Å². The van der Waals surface area contributed by atoms with Gasteiger partial charge in [0.05, 0.1) is 12.2 Å². The zero-order chi connectivity index (χ0) is 14.3. The highest BCUT2D eigenvalue weighted by Crippen LogP contribution is 2.11. The van der Waals surface area contributed by atoms with Crippen LogP contribution in [-0.4, -0.2) is 24.5 Å². The molecule has 6 nitrogen and oxygen atoms in total. The molecule has 19 heavy (non-hydrogen) atoms. The van der Waals surface area contributed by atoms with E-state index in [0.717, 1.165) is 0 Å². The normalized spacial score (nSPS) is 9.74. The maximum Gasteiger partial charge on any atom is 0.338 e. The van der Waals surface area contributed by atoms with Crippen molar-refractivity contribution in [3.63, 3.8) is 0 Å². The molecule has 6 heteroatoms. The zero-order valence-corrected chi connectivity index (χ0v) is 10.5. The van der Waals surface area contributed by atoms with Crippen molar-refractivity contribution >= 4 is 23.5 Å². The van der Waals surface area contributed by atoms with Gasteiger partial charge in [-0.1, -0.05) is 0 Å². The van der Waals surface area contributed by atoms with Gasteiger partial charge in [-0.15, -0.1) is 0 Å². The van der Waals surface area contributed by atoms with Crippen LogP contribution in [0.15, 0.2) is 24.3 Å². The van der Waals surface area contributed by atoms with Crippen molar-refractivity contribution in [2.24, 2.45) is 0 Å². The summed E-state index contributed by atoms with van der Waals surface area (Å²) in [5, 5.41) is 12.7. The van der Waals surface area contributed by atoms with Gasteiger partial charge in [-0.2, -0.15) is 0 Å². The molecular weight excluding hydrogens is 250 g/mol. The summed E-state index contributed by atoms with van der Waals surface area (Å²) < 4.78 is 4.82. The third kappa shape index (κ3) is 5.20. The van der Waals surface area contributed by atoms with Crippen LogP contribution in [0.2, 0.25) is 0 Å². The Morgan fingerprint density at radius 1 is 1.16 bits per heavy atom. The first-order valence-electron chi connectivity index (χ1n) is 5.79. The lowest BCUT2D eigenvalue weighted by Crippen LogP contribution is -2.24. The van der Waals surface area contributed by atoms with Crippen LogP contribution in [0.4, 0.5) is 5.69 Å². The summed E-state index contributed by atoms with van der Waals surface area (Å²) >= 11 is 0. The van der Waals surface area contributed by atoms with Crippen molar-refractivity contribution in [1.29, 1.82) is 0 Å². The number of aliphatic carboxylic acids is 1. The molecule has 0 aromatic heterocycles. The van der Waals surface area contributed by atoms with E-state index in [9.17, 15) is 19.5 Å². The number of hydrogen-bond acceptors (Lipinski definition) is 5. The highest BCUT2D eigenvalue weighted by Gasteiger charge is 2.07. The fourth-order valence-electron chi connectivity index (χ4n) is 1.34. The van der Waals surface area contributed by atoms with Crippen LogP contribution in [0.25, 0.3) is 0 Å². The Labute approximate surface area is 110 Å². The second kappa shape index (κ2) is 7.15. The molecule has 1 aromatic carbocycles. The molecule has 1 aromatic rings. The lowest BCUT2D eigenvalue weighted by Gasteiger charge is -2.06. The number of rotatable bonds is 6. The van der Waals surface area contributed by atoms with E-state index in [4.69, 9.17) is 4.74 Å². The molecule has 0 saturated heterocycles. The Hall–Kier alpha value is -2.37. The largest absolute Gasteiger partial charge is 0.550 e. The SMILES string of the molecule is CCOC(=O)c1ccc(NC(=O)CCC(=O)[O-])cc1. The summed E-state index contributed by atoms with van der Waals surface area (Å²) in [4.78, 5) is 32.9. The van der Waals surface area contributed by atoms with Gasteiger partial charge in [0.1, 0.15) is 0 Å². The zero-order valence-electron chi connectivity index (χ0n) is 10.5. The number of amides is 1. The summed E-state index contributed by atoms with van der Waals surface area (Å²) in [5.41, 5.74) is 0.867. The van der Waals surface area contributed by atoms with E-state index in [1.807, 2.05) is 0 Å². The summed E-state index contributed by atoms with van der Waals surface area (Å²) in [7, 11) is 0. The summed E-state index contributed by atoms with van der Waals surface area (Å²) in [5.74, 6) is -2.13. The van der Waals surface area contributed by atoms with Gasteiger partial charge in [-0.3, -0.25) is 4.79 Å². The molecule has 0 aliphatic heterocycles. The molecule has 0 bridgehead atoms. The lowest BCUT2D eigenvalue weighted by molar-refractivity contribution is -0.305. The predicted octanol–water partition coefficient (Wildman–Crippen LogP) is 0.332. The Balaban J connectivity index is 2.54. The molecule has 0 saturated carbocycles. The first kappa shape index (κ1) is 14.7. The van der Waals surface area contributed by atoms with Crippen LogP contribution in [0.1, 0.15) is 30.1 Å². The van der Waals surface area contributed by atoms with Gasteiger partial charge in [0.15, 0.2) is 0 Å². The predicted molar refractivity (Wildman–Crippen MR) is 65.3 cm³/mol. The minimum absolute atomic E-state index is 0.151. The first-order chi connectivity index (χ1) is 9.02. The molecule has 1 N–H and O–H groups in total. The maximum absolute atomic E-state index is 11.4. The van der Waals surface area contributed by atoms with Crippen molar-refractivity contribution < 1.29 is 24.2 Å². The molecule has 1 amide bonds. The van der Waals surface area contributed by atoms with Gasteiger partial charge in [0.2, 0.25) is 5.91 Å². The van der Waals surface area contributed by atoms with E-state index >= 15 is 0 Å². The number of nitrogens with one attached hydrogen (secondary N) is 1. The first-order valence-corrected chi connectivity index (χ1v) is 5.79. The highest BCUT2D eigenvalue weighted by molar-refractivity contribution is 5.93. The number of carbonyl (C=O) groups is 3. The monoisotopic (exact) mass is 264 g/mol. The minimum Gasteiger partial charge on any atom is -0.550 e. The second-order valence-corrected chi connectivity index (χ2v) is 3.72. The third-order valence-electron chi connectivity index (χ3n) is 2.24. The molecular formula is C13H14NO5-. The number of carboxylic acid groups (broad SMARTS) is 1. The number of ether oxygens (including phenoxy) is 1. The van der Waals surface area contributed by atoms with Crippen molar-refractivity contribution in [3.8, 4) is 0 Å². The third-order valence-corrected chi connectivity index (χ3v) is 2.24. The fourth-order valence-corrected chi connectivity index (χ4v) is 1.34. The van der Waals surface area contributed by atoms with E-state index in [1.54, 1.807) is 19.1 Å². The standard InChI is InChI=1S/C13H15NO5/c1-2-19-13(18)9-3-5-10(6-4-9)14-11(15)7-8-12(16)17/h3-6H,2,7-8H2,1H3,(H,14,15)(H,16,17)/p-1. The lowest BCUT2D eigenvalue weighted by atomic mass is 10.2. The number of benzene rings is 1. The molecule has 0 fully saturated rings. The number of carboxylic acids is 1. The molecule has 0 atom stereocenters. The molecule has 0 heterocycles. The molecule has 0 spiro atoms. The topological polar surface area (TPSA) is 95.5 Å².